The molecule has 0 bridgehead atoms. The SMILES string of the molecule is Cc1ccc(-n2nc(C(=O)N3CCCC(C(=O)O)C3)cc2C)cc1. The third-order valence-corrected chi connectivity index (χ3v) is 4.44. The second kappa shape index (κ2) is 6.47. The van der Waals surface area contributed by atoms with E-state index in [0.29, 0.717) is 25.1 Å². The number of likely N-dealkylation sites (tertiary alicyclic amines) is 1. The van der Waals surface area contributed by atoms with E-state index in [4.69, 9.17) is 5.11 Å². The molecule has 0 saturated carbocycles. The second-order valence-electron chi connectivity index (χ2n) is 6.35. The van der Waals surface area contributed by atoms with Crippen molar-refractivity contribution in [3.05, 3.63) is 47.3 Å². The number of carbonyl (C=O) groups is 2. The minimum Gasteiger partial charge on any atom is -0.481 e. The molecule has 0 radical (unpaired) electrons. The molecule has 6 heteroatoms. The fourth-order valence-corrected chi connectivity index (χ4v) is 3.05. The molecule has 3 rings (SSSR count). The average Bonchev–Trinajstić information content (AvgIpc) is 2.97. The number of aliphatic carboxylic acids is 1. The van der Waals surface area contributed by atoms with Crippen LogP contribution in [0.3, 0.4) is 0 Å². The summed E-state index contributed by atoms with van der Waals surface area (Å²) in [6, 6.07) is 9.68. The predicted octanol–water partition coefficient (Wildman–Crippen LogP) is 2.43. The summed E-state index contributed by atoms with van der Waals surface area (Å²) in [5, 5.41) is 13.6. The number of aromatic nitrogens is 2. The van der Waals surface area contributed by atoms with Crippen LogP contribution in [0, 0.1) is 19.8 Å². The molecule has 1 amide bonds. The maximum absolute atomic E-state index is 12.7. The molecule has 1 aliphatic rings. The zero-order valence-electron chi connectivity index (χ0n) is 13.9. The lowest BCUT2D eigenvalue weighted by Gasteiger charge is -2.30. The molecule has 1 fully saturated rings. The van der Waals surface area contributed by atoms with Gasteiger partial charge < -0.3 is 10.0 Å². The van der Waals surface area contributed by atoms with Crippen molar-refractivity contribution >= 4 is 11.9 Å². The van der Waals surface area contributed by atoms with Crippen molar-refractivity contribution in [3.63, 3.8) is 0 Å². The smallest absolute Gasteiger partial charge is 0.308 e. The molecule has 1 unspecified atom stereocenters. The van der Waals surface area contributed by atoms with Crippen molar-refractivity contribution in [2.75, 3.05) is 13.1 Å². The first-order chi connectivity index (χ1) is 11.5. The number of carboxylic acid groups (broad SMARTS) is 1. The molecule has 1 saturated heterocycles. The van der Waals surface area contributed by atoms with Crippen LogP contribution in [0.25, 0.3) is 5.69 Å². The number of carboxylic acids is 1. The Morgan fingerprint density at radius 1 is 1.21 bits per heavy atom. The molecule has 2 heterocycles. The Morgan fingerprint density at radius 2 is 1.92 bits per heavy atom. The first-order valence-electron chi connectivity index (χ1n) is 8.11. The Hall–Kier alpha value is -2.63. The topological polar surface area (TPSA) is 75.4 Å². The van der Waals surface area contributed by atoms with Gasteiger partial charge in [-0.05, 0) is 44.9 Å². The summed E-state index contributed by atoms with van der Waals surface area (Å²) in [6.07, 6.45) is 1.33. The lowest BCUT2D eigenvalue weighted by atomic mass is 9.98. The molecular formula is C18H21N3O3. The number of carbonyl (C=O) groups excluding carboxylic acids is 1. The van der Waals surface area contributed by atoms with Crippen LogP contribution >= 0.6 is 0 Å². The van der Waals surface area contributed by atoms with Crippen LogP contribution in [-0.2, 0) is 4.79 Å². The standard InChI is InChI=1S/C18H21N3O3/c1-12-5-7-15(8-6-12)21-13(2)10-16(19-21)17(22)20-9-3-4-14(11-20)18(23)24/h5-8,10,14H,3-4,9,11H2,1-2H3,(H,23,24). The lowest BCUT2D eigenvalue weighted by Crippen LogP contribution is -2.42. The van der Waals surface area contributed by atoms with Crippen LogP contribution in [0.2, 0.25) is 0 Å². The van der Waals surface area contributed by atoms with Crippen molar-refractivity contribution in [3.8, 4) is 5.69 Å². The van der Waals surface area contributed by atoms with Gasteiger partial charge in [0.15, 0.2) is 5.69 Å². The molecule has 0 aliphatic carbocycles. The number of piperidine rings is 1. The Balaban J connectivity index is 1.82. The van der Waals surface area contributed by atoms with Gasteiger partial charge in [0.1, 0.15) is 0 Å². The first-order valence-corrected chi connectivity index (χ1v) is 8.11. The highest BCUT2D eigenvalue weighted by Crippen LogP contribution is 2.20. The van der Waals surface area contributed by atoms with Crippen LogP contribution < -0.4 is 0 Å². The van der Waals surface area contributed by atoms with Crippen LogP contribution in [0.4, 0.5) is 0 Å². The second-order valence-corrected chi connectivity index (χ2v) is 6.35. The summed E-state index contributed by atoms with van der Waals surface area (Å²) in [5.74, 6) is -1.52. The summed E-state index contributed by atoms with van der Waals surface area (Å²) >= 11 is 0. The van der Waals surface area contributed by atoms with Crippen molar-refractivity contribution in [1.82, 2.24) is 14.7 Å². The Kier molecular flexibility index (Phi) is 4.38. The van der Waals surface area contributed by atoms with Gasteiger partial charge in [-0.3, -0.25) is 9.59 Å². The maximum atomic E-state index is 12.7. The zero-order chi connectivity index (χ0) is 17.3. The molecule has 126 valence electrons. The number of amides is 1. The summed E-state index contributed by atoms with van der Waals surface area (Å²) in [7, 11) is 0. The number of rotatable bonds is 3. The molecule has 0 spiro atoms. The van der Waals surface area contributed by atoms with Gasteiger partial charge >= 0.3 is 5.97 Å². The largest absolute Gasteiger partial charge is 0.481 e. The summed E-state index contributed by atoms with van der Waals surface area (Å²) in [4.78, 5) is 25.4. The molecule has 1 aromatic carbocycles. The fraction of sp³-hybridized carbons (Fsp3) is 0.389. The molecule has 2 aromatic rings. The van der Waals surface area contributed by atoms with Crippen LogP contribution in [-0.4, -0.2) is 44.8 Å². The van der Waals surface area contributed by atoms with Gasteiger partial charge in [-0.15, -0.1) is 0 Å². The van der Waals surface area contributed by atoms with Gasteiger partial charge in [0.05, 0.1) is 11.6 Å². The molecule has 1 aliphatic heterocycles. The number of hydrogen-bond acceptors (Lipinski definition) is 3. The minimum absolute atomic E-state index is 0.199. The zero-order valence-corrected chi connectivity index (χ0v) is 13.9. The molecule has 24 heavy (non-hydrogen) atoms. The van der Waals surface area contributed by atoms with E-state index in [-0.39, 0.29) is 12.5 Å². The highest BCUT2D eigenvalue weighted by molar-refractivity contribution is 5.93. The van der Waals surface area contributed by atoms with Crippen molar-refractivity contribution in [1.29, 1.82) is 0 Å². The van der Waals surface area contributed by atoms with E-state index in [9.17, 15) is 9.59 Å². The van der Waals surface area contributed by atoms with E-state index < -0.39 is 11.9 Å². The average molecular weight is 327 g/mol. The van der Waals surface area contributed by atoms with Gasteiger partial charge in [0.2, 0.25) is 0 Å². The molecule has 1 aromatic heterocycles. The Morgan fingerprint density at radius 3 is 2.58 bits per heavy atom. The lowest BCUT2D eigenvalue weighted by molar-refractivity contribution is -0.143. The number of hydrogen-bond donors (Lipinski definition) is 1. The molecule has 6 nitrogen and oxygen atoms in total. The van der Waals surface area contributed by atoms with E-state index in [2.05, 4.69) is 5.10 Å². The van der Waals surface area contributed by atoms with E-state index in [1.165, 1.54) is 0 Å². The number of aryl methyl sites for hydroxylation is 2. The molecule has 1 atom stereocenters. The van der Waals surface area contributed by atoms with Crippen molar-refractivity contribution in [2.45, 2.75) is 26.7 Å². The quantitative estimate of drug-likeness (QED) is 0.939. The molecule has 1 N–H and O–H groups in total. The highest BCUT2D eigenvalue weighted by Gasteiger charge is 2.29. The van der Waals surface area contributed by atoms with Gasteiger partial charge in [-0.1, -0.05) is 17.7 Å². The maximum Gasteiger partial charge on any atom is 0.308 e. The van der Waals surface area contributed by atoms with E-state index in [1.54, 1.807) is 15.6 Å². The van der Waals surface area contributed by atoms with Gasteiger partial charge in [-0.2, -0.15) is 5.10 Å². The fourth-order valence-electron chi connectivity index (χ4n) is 3.05. The normalized spacial score (nSPS) is 17.8. The van der Waals surface area contributed by atoms with E-state index >= 15 is 0 Å². The monoisotopic (exact) mass is 327 g/mol. The van der Waals surface area contributed by atoms with E-state index in [0.717, 1.165) is 16.9 Å². The van der Waals surface area contributed by atoms with Crippen LogP contribution in [0.1, 0.15) is 34.6 Å². The Labute approximate surface area is 140 Å². The van der Waals surface area contributed by atoms with Crippen molar-refractivity contribution in [2.24, 2.45) is 5.92 Å². The summed E-state index contributed by atoms with van der Waals surface area (Å²) < 4.78 is 1.74. The first kappa shape index (κ1) is 16.2. The minimum atomic E-state index is -0.839. The third-order valence-electron chi connectivity index (χ3n) is 4.44. The van der Waals surface area contributed by atoms with Crippen LogP contribution in [0.5, 0.6) is 0 Å². The number of benzene rings is 1. The number of nitrogens with zero attached hydrogens (tertiary/aromatic N) is 3. The predicted molar refractivity (Wildman–Crippen MR) is 89.3 cm³/mol. The Bertz CT molecular complexity index is 764. The van der Waals surface area contributed by atoms with E-state index in [1.807, 2.05) is 38.1 Å². The molecular weight excluding hydrogens is 306 g/mol. The summed E-state index contributed by atoms with van der Waals surface area (Å²) in [6.45, 7) is 4.76. The van der Waals surface area contributed by atoms with Crippen molar-refractivity contribution < 1.29 is 14.7 Å². The van der Waals surface area contributed by atoms with Crippen LogP contribution in [0.15, 0.2) is 30.3 Å². The highest BCUT2D eigenvalue weighted by atomic mass is 16.4. The van der Waals surface area contributed by atoms with Gasteiger partial charge in [0, 0.05) is 18.8 Å². The third kappa shape index (κ3) is 3.18. The summed E-state index contributed by atoms with van der Waals surface area (Å²) in [5.41, 5.74) is 3.29. The van der Waals surface area contributed by atoms with Gasteiger partial charge in [0.25, 0.3) is 5.91 Å². The van der Waals surface area contributed by atoms with Gasteiger partial charge in [-0.25, -0.2) is 4.68 Å².